The van der Waals surface area contributed by atoms with Gasteiger partial charge in [-0.3, -0.25) is 10.1 Å². The Morgan fingerprint density at radius 1 is 1.38 bits per heavy atom. The van der Waals surface area contributed by atoms with E-state index in [9.17, 15) is 18.5 Å². The summed E-state index contributed by atoms with van der Waals surface area (Å²) in [6.45, 7) is 4.18. The van der Waals surface area contributed by atoms with Crippen LogP contribution in [-0.2, 0) is 10.0 Å². The van der Waals surface area contributed by atoms with Crippen molar-refractivity contribution in [2.45, 2.75) is 44.0 Å². The third-order valence-corrected chi connectivity index (χ3v) is 4.91. The molecule has 0 amide bonds. The molecule has 8 heteroatoms. The van der Waals surface area contributed by atoms with Gasteiger partial charge in [-0.05, 0) is 37.8 Å². The van der Waals surface area contributed by atoms with Gasteiger partial charge in [-0.1, -0.05) is 6.92 Å². The first-order valence-corrected chi connectivity index (χ1v) is 8.38. The van der Waals surface area contributed by atoms with Crippen LogP contribution in [0.4, 0.5) is 11.4 Å². The Hall–Kier alpha value is -1.67. The molecule has 1 saturated carbocycles. The zero-order chi connectivity index (χ0) is 15.6. The first-order valence-electron chi connectivity index (χ1n) is 6.90. The van der Waals surface area contributed by atoms with Crippen LogP contribution in [0.25, 0.3) is 0 Å². The lowest BCUT2D eigenvalue weighted by Crippen LogP contribution is -2.26. The highest BCUT2D eigenvalue weighted by atomic mass is 32.2. The van der Waals surface area contributed by atoms with E-state index in [0.717, 1.165) is 25.3 Å². The Morgan fingerprint density at radius 2 is 2.05 bits per heavy atom. The lowest BCUT2D eigenvalue weighted by Gasteiger charge is -2.12. The number of nitrogens with zero attached hydrogens (tertiary/aromatic N) is 1. The van der Waals surface area contributed by atoms with Crippen molar-refractivity contribution in [1.82, 2.24) is 4.72 Å². The number of anilines is 1. The van der Waals surface area contributed by atoms with Crippen LogP contribution in [0.2, 0.25) is 0 Å². The number of rotatable bonds is 7. The summed E-state index contributed by atoms with van der Waals surface area (Å²) in [4.78, 5) is 10.6. The van der Waals surface area contributed by atoms with Crippen molar-refractivity contribution in [2.75, 3.05) is 11.9 Å². The van der Waals surface area contributed by atoms with Gasteiger partial charge in [-0.15, -0.1) is 0 Å². The minimum atomic E-state index is -3.70. The molecule has 1 aliphatic rings. The van der Waals surface area contributed by atoms with Crippen LogP contribution >= 0.6 is 0 Å². The zero-order valence-electron chi connectivity index (χ0n) is 12.0. The standard InChI is InChI=1S/C13H19N3O4S/c1-3-6-14-11-7-9(2)13(8-12(11)16(17)18)21(19,20)15-10-4-5-10/h7-8,10,14-15H,3-6H2,1-2H3. The normalized spacial score (nSPS) is 15.0. The molecule has 0 radical (unpaired) electrons. The van der Waals surface area contributed by atoms with Gasteiger partial charge in [0.15, 0.2) is 0 Å². The second-order valence-corrected chi connectivity index (χ2v) is 6.90. The van der Waals surface area contributed by atoms with E-state index in [1.54, 1.807) is 6.92 Å². The average molecular weight is 313 g/mol. The van der Waals surface area contributed by atoms with E-state index < -0.39 is 14.9 Å². The number of aryl methyl sites for hydroxylation is 1. The molecule has 116 valence electrons. The molecule has 2 N–H and O–H groups in total. The highest BCUT2D eigenvalue weighted by Crippen LogP contribution is 2.31. The molecule has 0 saturated heterocycles. The van der Waals surface area contributed by atoms with Crippen molar-refractivity contribution in [1.29, 1.82) is 0 Å². The van der Waals surface area contributed by atoms with Crippen LogP contribution in [0.15, 0.2) is 17.0 Å². The van der Waals surface area contributed by atoms with Gasteiger partial charge in [0.25, 0.3) is 5.69 Å². The Bertz CT molecular complexity index is 654. The predicted octanol–water partition coefficient (Wildman–Crippen LogP) is 2.17. The lowest BCUT2D eigenvalue weighted by molar-refractivity contribution is -0.384. The molecule has 21 heavy (non-hydrogen) atoms. The monoisotopic (exact) mass is 313 g/mol. The molecule has 0 spiro atoms. The van der Waals surface area contributed by atoms with Gasteiger partial charge < -0.3 is 5.32 Å². The largest absolute Gasteiger partial charge is 0.379 e. The Balaban J connectivity index is 2.42. The van der Waals surface area contributed by atoms with E-state index >= 15 is 0 Å². The van der Waals surface area contributed by atoms with Crippen LogP contribution in [0.1, 0.15) is 31.7 Å². The Kier molecular flexibility index (Phi) is 4.48. The predicted molar refractivity (Wildman–Crippen MR) is 80.0 cm³/mol. The molecule has 0 heterocycles. The Morgan fingerprint density at radius 3 is 2.57 bits per heavy atom. The average Bonchev–Trinajstić information content (AvgIpc) is 3.18. The number of hydrogen-bond acceptors (Lipinski definition) is 5. The minimum Gasteiger partial charge on any atom is -0.379 e. The van der Waals surface area contributed by atoms with Crippen LogP contribution in [0.5, 0.6) is 0 Å². The first-order chi connectivity index (χ1) is 9.85. The van der Waals surface area contributed by atoms with Crippen molar-refractivity contribution in [3.8, 4) is 0 Å². The fraction of sp³-hybridized carbons (Fsp3) is 0.538. The SMILES string of the molecule is CCCNc1cc(C)c(S(=O)(=O)NC2CC2)cc1[N+](=O)[O-]. The molecule has 0 unspecified atom stereocenters. The van der Waals surface area contributed by atoms with E-state index in [1.807, 2.05) is 6.92 Å². The molecular weight excluding hydrogens is 294 g/mol. The number of nitrogens with one attached hydrogen (secondary N) is 2. The summed E-state index contributed by atoms with van der Waals surface area (Å²) in [6, 6.07) is 2.62. The van der Waals surface area contributed by atoms with Gasteiger partial charge >= 0.3 is 0 Å². The molecule has 0 aliphatic heterocycles. The second-order valence-electron chi connectivity index (χ2n) is 5.21. The second kappa shape index (κ2) is 5.98. The van der Waals surface area contributed by atoms with Crippen LogP contribution in [0.3, 0.4) is 0 Å². The lowest BCUT2D eigenvalue weighted by atomic mass is 10.2. The number of benzene rings is 1. The van der Waals surface area contributed by atoms with Gasteiger partial charge in [-0.25, -0.2) is 13.1 Å². The van der Waals surface area contributed by atoms with Crippen molar-refractivity contribution >= 4 is 21.4 Å². The quantitative estimate of drug-likeness (QED) is 0.593. The molecular formula is C13H19N3O4S. The van der Waals surface area contributed by atoms with E-state index in [1.165, 1.54) is 6.07 Å². The number of nitro benzene ring substituents is 1. The molecule has 1 fully saturated rings. The van der Waals surface area contributed by atoms with Gasteiger partial charge in [0, 0.05) is 18.7 Å². The zero-order valence-corrected chi connectivity index (χ0v) is 12.9. The number of nitro groups is 1. The van der Waals surface area contributed by atoms with Gasteiger partial charge in [0.2, 0.25) is 10.0 Å². The highest BCUT2D eigenvalue weighted by Gasteiger charge is 2.30. The maximum atomic E-state index is 12.2. The molecule has 1 aromatic carbocycles. The molecule has 7 nitrogen and oxygen atoms in total. The fourth-order valence-corrected chi connectivity index (χ4v) is 3.55. The van der Waals surface area contributed by atoms with Crippen LogP contribution in [-0.4, -0.2) is 25.9 Å². The smallest absolute Gasteiger partial charge is 0.293 e. The molecule has 2 rings (SSSR count). The third-order valence-electron chi connectivity index (χ3n) is 3.24. The van der Waals surface area contributed by atoms with Gasteiger partial charge in [-0.2, -0.15) is 0 Å². The highest BCUT2D eigenvalue weighted by molar-refractivity contribution is 7.89. The maximum absolute atomic E-state index is 12.2. The summed E-state index contributed by atoms with van der Waals surface area (Å²) < 4.78 is 27.0. The fourth-order valence-electron chi connectivity index (χ4n) is 2.00. The van der Waals surface area contributed by atoms with Crippen molar-refractivity contribution < 1.29 is 13.3 Å². The molecule has 0 aromatic heterocycles. The van der Waals surface area contributed by atoms with Crippen molar-refractivity contribution in [3.05, 3.63) is 27.8 Å². The molecule has 1 aliphatic carbocycles. The summed E-state index contributed by atoms with van der Waals surface area (Å²) >= 11 is 0. The molecule has 0 bridgehead atoms. The van der Waals surface area contributed by atoms with Crippen LogP contribution in [0, 0.1) is 17.0 Å². The van der Waals surface area contributed by atoms with E-state index in [4.69, 9.17) is 0 Å². The summed E-state index contributed by atoms with van der Waals surface area (Å²) in [5.41, 5.74) is 0.627. The first kappa shape index (κ1) is 15.7. The van der Waals surface area contributed by atoms with Crippen molar-refractivity contribution in [2.24, 2.45) is 0 Å². The van der Waals surface area contributed by atoms with Crippen molar-refractivity contribution in [3.63, 3.8) is 0 Å². The molecule has 1 aromatic rings. The summed E-state index contributed by atoms with van der Waals surface area (Å²) in [6.07, 6.45) is 2.45. The third kappa shape index (κ3) is 3.70. The van der Waals surface area contributed by atoms with Gasteiger partial charge in [0.1, 0.15) is 5.69 Å². The maximum Gasteiger partial charge on any atom is 0.293 e. The molecule has 0 atom stereocenters. The number of hydrogen-bond donors (Lipinski definition) is 2. The summed E-state index contributed by atoms with van der Waals surface area (Å²) in [7, 11) is -3.70. The van der Waals surface area contributed by atoms with E-state index in [0.29, 0.717) is 17.8 Å². The Labute approximate surface area is 123 Å². The van der Waals surface area contributed by atoms with E-state index in [-0.39, 0.29) is 16.6 Å². The summed E-state index contributed by atoms with van der Waals surface area (Å²) in [5.74, 6) is 0. The topological polar surface area (TPSA) is 101 Å². The number of sulfonamides is 1. The summed E-state index contributed by atoms with van der Waals surface area (Å²) in [5, 5.41) is 14.1. The van der Waals surface area contributed by atoms with Crippen LogP contribution < -0.4 is 10.0 Å². The van der Waals surface area contributed by atoms with E-state index in [2.05, 4.69) is 10.0 Å². The minimum absolute atomic E-state index is 0.0249. The van der Waals surface area contributed by atoms with Gasteiger partial charge in [0.05, 0.1) is 9.82 Å².